The molecule has 2 amide bonds. The van der Waals surface area contributed by atoms with Crippen molar-refractivity contribution in [3.63, 3.8) is 0 Å². The maximum atomic E-state index is 13.7. The molecule has 2 aromatic carbocycles. The predicted octanol–water partition coefficient (Wildman–Crippen LogP) is 6.70. The minimum Gasteiger partial charge on any atom is -0.464 e. The van der Waals surface area contributed by atoms with Crippen molar-refractivity contribution in [2.24, 2.45) is 0 Å². The minimum atomic E-state index is -0.330. The van der Waals surface area contributed by atoms with E-state index in [0.717, 1.165) is 37.0 Å². The van der Waals surface area contributed by atoms with Crippen molar-refractivity contribution in [1.29, 1.82) is 0 Å². The molecule has 0 saturated carbocycles. The highest BCUT2D eigenvalue weighted by atomic mass is 19.1. The first kappa shape index (κ1) is 29.5. The van der Waals surface area contributed by atoms with Crippen LogP contribution in [0.5, 0.6) is 0 Å². The Bertz CT molecular complexity index is 1220. The Balaban J connectivity index is 1.49. The predicted molar refractivity (Wildman–Crippen MR) is 153 cm³/mol. The van der Waals surface area contributed by atoms with Crippen LogP contribution in [-0.2, 0) is 29.0 Å². The highest BCUT2D eigenvalue weighted by molar-refractivity contribution is 5.96. The van der Waals surface area contributed by atoms with Crippen molar-refractivity contribution >= 4 is 11.8 Å². The van der Waals surface area contributed by atoms with Gasteiger partial charge in [0.1, 0.15) is 23.9 Å². The Morgan fingerprint density at radius 1 is 0.900 bits per heavy atom. The van der Waals surface area contributed by atoms with Crippen LogP contribution in [0.2, 0.25) is 0 Å². The molecule has 4 rings (SSSR count). The summed E-state index contributed by atoms with van der Waals surface area (Å²) in [4.78, 5) is 30.7. The molecule has 6 nitrogen and oxygen atoms in total. The Hall–Kier alpha value is -3.45. The van der Waals surface area contributed by atoms with E-state index in [4.69, 9.17) is 9.15 Å². The van der Waals surface area contributed by atoms with Gasteiger partial charge in [0.05, 0.1) is 12.6 Å². The molecule has 0 N–H and O–H groups in total. The molecule has 2 heterocycles. The van der Waals surface area contributed by atoms with Crippen molar-refractivity contribution in [3.8, 4) is 0 Å². The summed E-state index contributed by atoms with van der Waals surface area (Å²) in [6.45, 7) is 5.52. The number of furan rings is 1. The van der Waals surface area contributed by atoms with E-state index in [9.17, 15) is 14.0 Å². The number of hydrogen-bond donors (Lipinski definition) is 0. The molecule has 1 unspecified atom stereocenters. The van der Waals surface area contributed by atoms with Crippen LogP contribution in [0.3, 0.4) is 0 Å². The molecule has 3 aromatic rings. The molecule has 0 aliphatic carbocycles. The second-order valence-electron chi connectivity index (χ2n) is 10.7. The molecule has 0 bridgehead atoms. The lowest BCUT2D eigenvalue weighted by molar-refractivity contribution is -0.133. The standard InChI is InChI=1S/C33H41FN2O4/c1-3-4-5-6-8-26-11-15-28(16-12-26)33(38)36(22-30-9-7-20-39-30)24-32(37)35(23-31-19-10-25(2)40-31)21-27-13-17-29(34)18-14-27/h10-19,30H,3-9,20-24H2,1-2H3. The third-order valence-electron chi connectivity index (χ3n) is 7.36. The first-order valence-corrected chi connectivity index (χ1v) is 14.5. The average molecular weight is 549 g/mol. The van der Waals surface area contributed by atoms with E-state index in [-0.39, 0.29) is 43.4 Å². The first-order chi connectivity index (χ1) is 19.4. The van der Waals surface area contributed by atoms with Gasteiger partial charge in [0, 0.05) is 25.3 Å². The number of halogens is 1. The van der Waals surface area contributed by atoms with Crippen LogP contribution in [0.1, 0.15) is 78.5 Å². The Morgan fingerprint density at radius 2 is 1.65 bits per heavy atom. The van der Waals surface area contributed by atoms with Gasteiger partial charge in [-0.05, 0) is 80.1 Å². The van der Waals surface area contributed by atoms with E-state index in [1.54, 1.807) is 21.9 Å². The monoisotopic (exact) mass is 548 g/mol. The number of amides is 2. The quantitative estimate of drug-likeness (QED) is 0.210. The van der Waals surface area contributed by atoms with Gasteiger partial charge >= 0.3 is 0 Å². The van der Waals surface area contributed by atoms with Crippen LogP contribution in [0, 0.1) is 12.7 Å². The smallest absolute Gasteiger partial charge is 0.254 e. The fourth-order valence-corrected chi connectivity index (χ4v) is 5.07. The third kappa shape index (κ3) is 8.78. The maximum absolute atomic E-state index is 13.7. The zero-order valence-electron chi connectivity index (χ0n) is 23.7. The molecule has 1 fully saturated rings. The van der Waals surface area contributed by atoms with E-state index in [0.29, 0.717) is 24.5 Å². The van der Waals surface area contributed by atoms with Crippen LogP contribution in [-0.4, -0.2) is 47.4 Å². The number of benzene rings is 2. The van der Waals surface area contributed by atoms with E-state index >= 15 is 0 Å². The van der Waals surface area contributed by atoms with E-state index in [2.05, 4.69) is 6.92 Å². The molecule has 1 atom stereocenters. The van der Waals surface area contributed by atoms with Gasteiger partial charge in [0.25, 0.3) is 5.91 Å². The molecule has 0 spiro atoms. The summed E-state index contributed by atoms with van der Waals surface area (Å²) < 4.78 is 25.1. The minimum absolute atomic E-state index is 0.0850. The molecule has 1 aromatic heterocycles. The number of unbranched alkanes of at least 4 members (excludes halogenated alkanes) is 3. The molecule has 1 aliphatic heterocycles. The van der Waals surface area contributed by atoms with Crippen LogP contribution >= 0.6 is 0 Å². The van der Waals surface area contributed by atoms with Crippen LogP contribution < -0.4 is 0 Å². The number of carbonyl (C=O) groups excluding carboxylic acids is 2. The SMILES string of the molecule is CCCCCCc1ccc(C(=O)N(CC(=O)N(Cc2ccc(F)cc2)Cc2ccc(C)o2)CC2CCCO2)cc1. The van der Waals surface area contributed by atoms with Gasteiger partial charge < -0.3 is 19.0 Å². The second kappa shape index (κ2) is 14.8. The van der Waals surface area contributed by atoms with Crippen molar-refractivity contribution in [2.45, 2.75) is 78.0 Å². The van der Waals surface area contributed by atoms with Gasteiger partial charge in [-0.15, -0.1) is 0 Å². The number of nitrogens with zero attached hydrogens (tertiary/aromatic N) is 2. The largest absolute Gasteiger partial charge is 0.464 e. The Kier molecular flexibility index (Phi) is 10.9. The molecule has 214 valence electrons. The lowest BCUT2D eigenvalue weighted by Crippen LogP contribution is -2.45. The zero-order chi connectivity index (χ0) is 28.3. The summed E-state index contributed by atoms with van der Waals surface area (Å²) in [6.07, 6.45) is 7.50. The van der Waals surface area contributed by atoms with Gasteiger partial charge in [-0.1, -0.05) is 50.5 Å². The molecule has 1 saturated heterocycles. The van der Waals surface area contributed by atoms with Crippen molar-refractivity contribution in [2.75, 3.05) is 19.7 Å². The van der Waals surface area contributed by atoms with Crippen molar-refractivity contribution in [1.82, 2.24) is 9.80 Å². The first-order valence-electron chi connectivity index (χ1n) is 14.5. The highest BCUT2D eigenvalue weighted by Crippen LogP contribution is 2.19. The van der Waals surface area contributed by atoms with E-state index < -0.39 is 0 Å². The summed E-state index contributed by atoms with van der Waals surface area (Å²) in [5.74, 6) is 0.686. The second-order valence-corrected chi connectivity index (χ2v) is 10.7. The molecular formula is C33H41FN2O4. The number of hydrogen-bond acceptors (Lipinski definition) is 4. The van der Waals surface area contributed by atoms with E-state index in [1.165, 1.54) is 37.0 Å². The van der Waals surface area contributed by atoms with Gasteiger partial charge in [-0.25, -0.2) is 4.39 Å². The lowest BCUT2D eigenvalue weighted by atomic mass is 10.0. The third-order valence-corrected chi connectivity index (χ3v) is 7.36. The van der Waals surface area contributed by atoms with E-state index in [1.807, 2.05) is 43.3 Å². The molecular weight excluding hydrogens is 507 g/mol. The van der Waals surface area contributed by atoms with Gasteiger partial charge in [-0.3, -0.25) is 9.59 Å². The zero-order valence-corrected chi connectivity index (χ0v) is 23.7. The fourth-order valence-electron chi connectivity index (χ4n) is 5.07. The summed E-state index contributed by atoms with van der Waals surface area (Å²) in [5, 5.41) is 0. The lowest BCUT2D eigenvalue weighted by Gasteiger charge is -2.29. The number of aryl methyl sites for hydroxylation is 2. The van der Waals surface area contributed by atoms with Crippen LogP contribution in [0.25, 0.3) is 0 Å². The number of ether oxygens (including phenoxy) is 1. The Labute approximate surface area is 237 Å². The van der Waals surface area contributed by atoms with Gasteiger partial charge in [-0.2, -0.15) is 0 Å². The number of carbonyl (C=O) groups is 2. The summed E-state index contributed by atoms with van der Waals surface area (Å²) in [7, 11) is 0. The van der Waals surface area contributed by atoms with Gasteiger partial charge in [0.15, 0.2) is 0 Å². The summed E-state index contributed by atoms with van der Waals surface area (Å²) >= 11 is 0. The topological polar surface area (TPSA) is 63.0 Å². The molecule has 40 heavy (non-hydrogen) atoms. The van der Waals surface area contributed by atoms with Crippen molar-refractivity contribution in [3.05, 3.63) is 94.7 Å². The van der Waals surface area contributed by atoms with Crippen LogP contribution in [0.15, 0.2) is 65.1 Å². The summed E-state index contributed by atoms with van der Waals surface area (Å²) in [5.41, 5.74) is 2.58. The normalized spacial score (nSPS) is 14.8. The fraction of sp³-hybridized carbons (Fsp3) is 0.455. The molecule has 1 aliphatic rings. The average Bonchev–Trinajstić information content (AvgIpc) is 3.63. The Morgan fingerprint density at radius 3 is 2.30 bits per heavy atom. The van der Waals surface area contributed by atoms with Gasteiger partial charge in [0.2, 0.25) is 5.91 Å². The maximum Gasteiger partial charge on any atom is 0.254 e. The van der Waals surface area contributed by atoms with Crippen LogP contribution in [0.4, 0.5) is 4.39 Å². The molecule has 0 radical (unpaired) electrons. The number of rotatable bonds is 14. The highest BCUT2D eigenvalue weighted by Gasteiger charge is 2.27. The summed E-state index contributed by atoms with van der Waals surface area (Å²) in [6, 6.07) is 17.6. The molecule has 7 heteroatoms. The van der Waals surface area contributed by atoms with Crippen molar-refractivity contribution < 1.29 is 23.1 Å².